The second-order valence-corrected chi connectivity index (χ2v) is 7.23. The summed E-state index contributed by atoms with van der Waals surface area (Å²) in [5.41, 5.74) is 2.32. The van der Waals surface area contributed by atoms with Crippen molar-refractivity contribution < 1.29 is 14.3 Å². The summed E-state index contributed by atoms with van der Waals surface area (Å²) < 4.78 is 5.22. The lowest BCUT2D eigenvalue weighted by atomic mass is 10.1. The van der Waals surface area contributed by atoms with Gasteiger partial charge in [-0.1, -0.05) is 60.7 Å². The van der Waals surface area contributed by atoms with E-state index in [2.05, 4.69) is 10.3 Å². The highest BCUT2D eigenvalue weighted by atomic mass is 32.1. The van der Waals surface area contributed by atoms with Gasteiger partial charge in [-0.15, -0.1) is 11.3 Å². The largest absolute Gasteiger partial charge is 0.451 e. The Labute approximate surface area is 162 Å². The molecule has 0 fully saturated rings. The quantitative estimate of drug-likeness (QED) is 0.652. The maximum atomic E-state index is 12.6. The predicted molar refractivity (Wildman–Crippen MR) is 107 cm³/mol. The van der Waals surface area contributed by atoms with Gasteiger partial charge < -0.3 is 10.1 Å². The van der Waals surface area contributed by atoms with Crippen LogP contribution in [0.5, 0.6) is 0 Å². The third kappa shape index (κ3) is 4.80. The minimum atomic E-state index is -0.549. The highest BCUT2D eigenvalue weighted by molar-refractivity contribution is 7.17. The van der Waals surface area contributed by atoms with E-state index in [9.17, 15) is 9.59 Å². The zero-order valence-corrected chi connectivity index (χ0v) is 16.0. The van der Waals surface area contributed by atoms with Crippen molar-refractivity contribution in [2.45, 2.75) is 19.9 Å². The van der Waals surface area contributed by atoms with Crippen molar-refractivity contribution in [1.82, 2.24) is 10.3 Å². The van der Waals surface area contributed by atoms with Gasteiger partial charge in [-0.3, -0.25) is 4.79 Å². The number of esters is 1. The van der Waals surface area contributed by atoms with E-state index in [4.69, 9.17) is 4.74 Å². The number of ether oxygens (including phenoxy) is 1. The molecule has 5 nitrogen and oxygen atoms in total. The molecule has 0 saturated carbocycles. The Balaban J connectivity index is 1.89. The molecule has 2 aromatic carbocycles. The molecule has 1 aromatic heterocycles. The van der Waals surface area contributed by atoms with Crippen LogP contribution in [-0.2, 0) is 9.53 Å². The van der Waals surface area contributed by atoms with Gasteiger partial charge in [0.2, 0.25) is 0 Å². The molecule has 3 aromatic rings. The van der Waals surface area contributed by atoms with Gasteiger partial charge in [-0.2, -0.15) is 0 Å². The van der Waals surface area contributed by atoms with Crippen LogP contribution in [0.25, 0.3) is 21.8 Å². The third-order valence-corrected chi connectivity index (χ3v) is 4.75. The van der Waals surface area contributed by atoms with Crippen LogP contribution < -0.4 is 5.32 Å². The summed E-state index contributed by atoms with van der Waals surface area (Å²) in [5, 5.41) is 3.43. The Morgan fingerprint density at radius 3 is 2.19 bits per heavy atom. The van der Waals surface area contributed by atoms with Crippen LogP contribution in [-0.4, -0.2) is 29.5 Å². The number of carbonyl (C=O) groups excluding carboxylic acids is 2. The Kier molecular flexibility index (Phi) is 5.98. The standard InChI is InChI=1S/C21H20N2O3S/c1-14(2)22-17(24)13-26-21(25)19-18(15-9-5-3-6-10-15)23-20(27-19)16-11-7-4-8-12-16/h3-12,14H,13H2,1-2H3,(H,22,24). The summed E-state index contributed by atoms with van der Waals surface area (Å²) in [6.45, 7) is 3.38. The highest BCUT2D eigenvalue weighted by Crippen LogP contribution is 2.34. The molecule has 1 amide bonds. The van der Waals surface area contributed by atoms with Crippen LogP contribution in [0.15, 0.2) is 60.7 Å². The van der Waals surface area contributed by atoms with Gasteiger partial charge in [0.1, 0.15) is 9.88 Å². The lowest BCUT2D eigenvalue weighted by Crippen LogP contribution is -2.33. The monoisotopic (exact) mass is 380 g/mol. The normalized spacial score (nSPS) is 10.6. The minimum Gasteiger partial charge on any atom is -0.451 e. The molecule has 0 atom stereocenters. The molecule has 0 spiro atoms. The molecule has 0 aliphatic heterocycles. The first-order valence-corrected chi connectivity index (χ1v) is 9.44. The number of nitrogens with zero attached hydrogens (tertiary/aromatic N) is 1. The summed E-state index contributed by atoms with van der Waals surface area (Å²) in [6, 6.07) is 19.1. The molecule has 6 heteroatoms. The van der Waals surface area contributed by atoms with Crippen LogP contribution in [0, 0.1) is 0 Å². The molecule has 0 aliphatic carbocycles. The van der Waals surface area contributed by atoms with E-state index in [1.807, 2.05) is 74.5 Å². The van der Waals surface area contributed by atoms with E-state index in [1.165, 1.54) is 11.3 Å². The Morgan fingerprint density at radius 2 is 1.59 bits per heavy atom. The minimum absolute atomic E-state index is 0.0100. The molecule has 138 valence electrons. The van der Waals surface area contributed by atoms with Crippen molar-refractivity contribution >= 4 is 23.2 Å². The smallest absolute Gasteiger partial charge is 0.351 e. The van der Waals surface area contributed by atoms with Crippen molar-refractivity contribution in [3.8, 4) is 21.8 Å². The van der Waals surface area contributed by atoms with Crippen molar-refractivity contribution in [3.63, 3.8) is 0 Å². The summed E-state index contributed by atoms with van der Waals surface area (Å²) >= 11 is 1.26. The highest BCUT2D eigenvalue weighted by Gasteiger charge is 2.22. The molecule has 0 radical (unpaired) electrons. The second-order valence-electron chi connectivity index (χ2n) is 6.23. The van der Waals surface area contributed by atoms with Gasteiger partial charge in [0, 0.05) is 17.2 Å². The van der Waals surface area contributed by atoms with Crippen molar-refractivity contribution in [1.29, 1.82) is 0 Å². The molecule has 0 aliphatic rings. The van der Waals surface area contributed by atoms with E-state index in [0.29, 0.717) is 10.6 Å². The molecule has 27 heavy (non-hydrogen) atoms. The summed E-state index contributed by atoms with van der Waals surface area (Å²) in [5.74, 6) is -0.875. The van der Waals surface area contributed by atoms with Gasteiger partial charge in [0.05, 0.1) is 5.69 Å². The maximum absolute atomic E-state index is 12.6. The number of nitrogens with one attached hydrogen (secondary N) is 1. The fraction of sp³-hybridized carbons (Fsp3) is 0.190. The second kappa shape index (κ2) is 8.60. The summed E-state index contributed by atoms with van der Waals surface area (Å²) in [6.07, 6.45) is 0. The van der Waals surface area contributed by atoms with Crippen LogP contribution in [0.4, 0.5) is 0 Å². The van der Waals surface area contributed by atoms with Gasteiger partial charge in [0.25, 0.3) is 5.91 Å². The van der Waals surface area contributed by atoms with E-state index in [0.717, 1.165) is 16.1 Å². The first-order chi connectivity index (χ1) is 13.0. The number of benzene rings is 2. The third-order valence-electron chi connectivity index (χ3n) is 3.66. The molecular formula is C21H20N2O3S. The topological polar surface area (TPSA) is 68.3 Å². The van der Waals surface area contributed by atoms with Crippen molar-refractivity contribution in [2.75, 3.05) is 6.61 Å². The molecule has 0 bridgehead atoms. The van der Waals surface area contributed by atoms with Crippen LogP contribution in [0.2, 0.25) is 0 Å². The zero-order chi connectivity index (χ0) is 19.2. The molecule has 1 N–H and O–H groups in total. The Hall–Kier alpha value is -2.99. The van der Waals surface area contributed by atoms with Gasteiger partial charge >= 0.3 is 5.97 Å². The lowest BCUT2D eigenvalue weighted by Gasteiger charge is -2.08. The summed E-state index contributed by atoms with van der Waals surface area (Å²) in [4.78, 5) is 29.5. The molecule has 0 unspecified atom stereocenters. The fourth-order valence-corrected chi connectivity index (χ4v) is 3.50. The zero-order valence-electron chi connectivity index (χ0n) is 15.1. The number of hydrogen-bond acceptors (Lipinski definition) is 5. The van der Waals surface area contributed by atoms with E-state index >= 15 is 0 Å². The Morgan fingerprint density at radius 1 is 1.00 bits per heavy atom. The van der Waals surface area contributed by atoms with E-state index in [-0.39, 0.29) is 18.6 Å². The molecule has 0 saturated heterocycles. The summed E-state index contributed by atoms with van der Waals surface area (Å²) in [7, 11) is 0. The van der Waals surface area contributed by atoms with E-state index in [1.54, 1.807) is 0 Å². The first-order valence-electron chi connectivity index (χ1n) is 8.62. The predicted octanol–water partition coefficient (Wildman–Crippen LogP) is 4.16. The number of carbonyl (C=O) groups is 2. The van der Waals surface area contributed by atoms with Crippen LogP contribution >= 0.6 is 11.3 Å². The van der Waals surface area contributed by atoms with Crippen molar-refractivity contribution in [3.05, 3.63) is 65.5 Å². The van der Waals surface area contributed by atoms with Gasteiger partial charge in [0.15, 0.2) is 6.61 Å². The molecule has 3 rings (SSSR count). The maximum Gasteiger partial charge on any atom is 0.351 e. The average molecular weight is 380 g/mol. The van der Waals surface area contributed by atoms with Gasteiger partial charge in [-0.05, 0) is 13.8 Å². The van der Waals surface area contributed by atoms with E-state index < -0.39 is 5.97 Å². The van der Waals surface area contributed by atoms with Crippen LogP contribution in [0.3, 0.4) is 0 Å². The van der Waals surface area contributed by atoms with Crippen molar-refractivity contribution in [2.24, 2.45) is 0 Å². The Bertz CT molecular complexity index is 921. The average Bonchev–Trinajstić information content (AvgIpc) is 3.12. The molecule has 1 heterocycles. The van der Waals surface area contributed by atoms with Gasteiger partial charge in [-0.25, -0.2) is 9.78 Å². The fourth-order valence-electron chi connectivity index (χ4n) is 2.51. The van der Waals surface area contributed by atoms with Crippen LogP contribution in [0.1, 0.15) is 23.5 Å². The first kappa shape index (κ1) is 18.8. The molecular weight excluding hydrogens is 360 g/mol. The number of thiazole rings is 1. The lowest BCUT2D eigenvalue weighted by molar-refractivity contribution is -0.124. The number of hydrogen-bond donors (Lipinski definition) is 1. The number of amides is 1. The number of aromatic nitrogens is 1. The number of rotatable bonds is 6. The SMILES string of the molecule is CC(C)NC(=O)COC(=O)c1sc(-c2ccccc2)nc1-c1ccccc1.